The van der Waals surface area contributed by atoms with Gasteiger partial charge in [0.15, 0.2) is 0 Å². The van der Waals surface area contributed by atoms with Gasteiger partial charge in [0.2, 0.25) is 0 Å². The number of hydrogen-bond donors (Lipinski definition) is 0. The van der Waals surface area contributed by atoms with E-state index in [0.29, 0.717) is 23.8 Å². The highest BCUT2D eigenvalue weighted by Gasteiger charge is 2.49. The lowest BCUT2D eigenvalue weighted by Crippen LogP contribution is -2.50. The van der Waals surface area contributed by atoms with Crippen LogP contribution in [0.5, 0.6) is 0 Å². The fourth-order valence-electron chi connectivity index (χ4n) is 2.40. The molecule has 5 heteroatoms. The monoisotopic (exact) mass is 268 g/mol. The predicted octanol–water partition coefficient (Wildman–Crippen LogP) is 2.62. The van der Waals surface area contributed by atoms with Gasteiger partial charge in [0.1, 0.15) is 11.2 Å². The zero-order valence-corrected chi connectivity index (χ0v) is 11.0. The average molecular weight is 269 g/mol. The zero-order chi connectivity index (χ0) is 13.3. The van der Waals surface area contributed by atoms with E-state index in [4.69, 9.17) is 16.3 Å². The number of nitriles is 1. The molecule has 1 atom stereocenters. The Morgan fingerprint density at radius 2 is 2.17 bits per heavy atom. The van der Waals surface area contributed by atoms with E-state index in [1.807, 2.05) is 19.0 Å². The van der Waals surface area contributed by atoms with Gasteiger partial charge < -0.3 is 9.64 Å². The molecule has 0 amide bonds. The molecule has 2 rings (SSSR count). The van der Waals surface area contributed by atoms with E-state index in [-0.39, 0.29) is 11.9 Å². The number of ether oxygens (including phenoxy) is 1. The molecule has 1 aromatic carbocycles. The smallest absolute Gasteiger partial charge is 0.128 e. The molecule has 0 aliphatic carbocycles. The van der Waals surface area contributed by atoms with Crippen LogP contribution < -0.4 is 0 Å². The molecule has 1 heterocycles. The number of nitrogens with zero attached hydrogens (tertiary/aromatic N) is 2. The van der Waals surface area contributed by atoms with Gasteiger partial charge in [-0.15, -0.1) is 0 Å². The maximum atomic E-state index is 14.0. The third-order valence-corrected chi connectivity index (χ3v) is 3.47. The van der Waals surface area contributed by atoms with E-state index < -0.39 is 5.41 Å². The minimum atomic E-state index is -0.699. The van der Waals surface area contributed by atoms with Gasteiger partial charge in [0.05, 0.1) is 25.3 Å². The molecule has 3 nitrogen and oxygen atoms in total. The zero-order valence-electron chi connectivity index (χ0n) is 10.3. The fraction of sp³-hybridized carbons (Fsp3) is 0.462. The molecule has 0 aromatic heterocycles. The second-order valence-corrected chi connectivity index (χ2v) is 5.23. The Labute approximate surface area is 111 Å². The molecule has 1 saturated heterocycles. The van der Waals surface area contributed by atoms with Gasteiger partial charge in [-0.2, -0.15) is 5.26 Å². The summed E-state index contributed by atoms with van der Waals surface area (Å²) in [6, 6.07) is 6.32. The summed E-state index contributed by atoms with van der Waals surface area (Å²) >= 11 is 5.92. The van der Waals surface area contributed by atoms with Crippen molar-refractivity contribution < 1.29 is 9.13 Å². The highest BCUT2D eigenvalue weighted by atomic mass is 35.5. The molecular weight excluding hydrogens is 255 g/mol. The first-order chi connectivity index (χ1) is 8.50. The van der Waals surface area contributed by atoms with Crippen LogP contribution in [-0.4, -0.2) is 32.2 Å². The maximum absolute atomic E-state index is 14.0. The Bertz CT molecular complexity index is 494. The molecule has 18 heavy (non-hydrogen) atoms. The lowest BCUT2D eigenvalue weighted by atomic mass is 9.75. The van der Waals surface area contributed by atoms with Gasteiger partial charge in [-0.05, 0) is 32.3 Å². The molecule has 1 unspecified atom stereocenters. The van der Waals surface area contributed by atoms with Crippen molar-refractivity contribution >= 4 is 11.6 Å². The van der Waals surface area contributed by atoms with Crippen LogP contribution in [-0.2, 0) is 4.74 Å². The Morgan fingerprint density at radius 1 is 1.50 bits per heavy atom. The number of benzene rings is 1. The summed E-state index contributed by atoms with van der Waals surface area (Å²) in [7, 11) is 3.64. The Morgan fingerprint density at radius 3 is 2.61 bits per heavy atom. The normalized spacial score (nSPS) is 19.1. The molecule has 1 aromatic rings. The van der Waals surface area contributed by atoms with Gasteiger partial charge in [-0.1, -0.05) is 11.6 Å². The van der Waals surface area contributed by atoms with Crippen LogP contribution in [0.15, 0.2) is 18.2 Å². The summed E-state index contributed by atoms with van der Waals surface area (Å²) in [5.41, 5.74) is -0.257. The lowest BCUT2D eigenvalue weighted by molar-refractivity contribution is -0.116. The summed E-state index contributed by atoms with van der Waals surface area (Å²) in [4.78, 5) is 1.83. The van der Waals surface area contributed by atoms with Gasteiger partial charge in [-0.25, -0.2) is 4.39 Å². The van der Waals surface area contributed by atoms with Gasteiger partial charge in [0.25, 0.3) is 0 Å². The first-order valence-electron chi connectivity index (χ1n) is 5.60. The van der Waals surface area contributed by atoms with Crippen LogP contribution in [0.1, 0.15) is 11.6 Å². The second-order valence-electron chi connectivity index (χ2n) is 4.79. The first kappa shape index (κ1) is 13.3. The number of hydrogen-bond acceptors (Lipinski definition) is 3. The van der Waals surface area contributed by atoms with Crippen molar-refractivity contribution in [2.45, 2.75) is 6.04 Å². The van der Waals surface area contributed by atoms with Gasteiger partial charge >= 0.3 is 0 Å². The van der Waals surface area contributed by atoms with Crippen LogP contribution >= 0.6 is 11.6 Å². The van der Waals surface area contributed by atoms with Crippen molar-refractivity contribution in [2.75, 3.05) is 27.3 Å². The molecule has 1 fully saturated rings. The topological polar surface area (TPSA) is 36.3 Å². The van der Waals surface area contributed by atoms with Gasteiger partial charge in [0, 0.05) is 10.6 Å². The molecule has 0 radical (unpaired) electrons. The van der Waals surface area contributed by atoms with Crippen LogP contribution in [0.3, 0.4) is 0 Å². The largest absolute Gasteiger partial charge is 0.378 e. The van der Waals surface area contributed by atoms with Crippen molar-refractivity contribution in [2.24, 2.45) is 5.41 Å². The predicted molar refractivity (Wildman–Crippen MR) is 66.7 cm³/mol. The van der Waals surface area contributed by atoms with E-state index in [2.05, 4.69) is 6.07 Å². The van der Waals surface area contributed by atoms with E-state index in [0.717, 1.165) is 0 Å². The molecule has 0 bridgehead atoms. The summed E-state index contributed by atoms with van der Waals surface area (Å²) in [6.45, 7) is 0.636. The average Bonchev–Trinajstić information content (AvgIpc) is 2.26. The molecule has 1 aliphatic rings. The van der Waals surface area contributed by atoms with E-state index >= 15 is 0 Å². The van der Waals surface area contributed by atoms with Crippen molar-refractivity contribution in [3.05, 3.63) is 34.6 Å². The third kappa shape index (κ3) is 2.10. The second kappa shape index (κ2) is 4.85. The Balaban J connectivity index is 2.49. The molecule has 0 spiro atoms. The van der Waals surface area contributed by atoms with E-state index in [1.54, 1.807) is 6.07 Å². The van der Waals surface area contributed by atoms with E-state index in [1.165, 1.54) is 12.1 Å². The van der Waals surface area contributed by atoms with Crippen molar-refractivity contribution in [3.8, 4) is 6.07 Å². The van der Waals surface area contributed by atoms with Crippen LogP contribution in [0, 0.1) is 22.6 Å². The van der Waals surface area contributed by atoms with Crippen LogP contribution in [0.25, 0.3) is 0 Å². The standard InChI is InChI=1S/C13H14ClFN2O/c1-17(2)12(13(6-16)7-18-8-13)10-5-9(14)3-4-11(10)15/h3-5,12H,7-8H2,1-2H3. The SMILES string of the molecule is CN(C)C(c1cc(Cl)ccc1F)C1(C#N)COC1. The maximum Gasteiger partial charge on any atom is 0.128 e. The van der Waals surface area contributed by atoms with Crippen molar-refractivity contribution in [1.29, 1.82) is 5.26 Å². The third-order valence-electron chi connectivity index (χ3n) is 3.23. The molecule has 1 aliphatic heterocycles. The molecular formula is C13H14ClFN2O. The van der Waals surface area contributed by atoms with E-state index in [9.17, 15) is 9.65 Å². The quantitative estimate of drug-likeness (QED) is 0.846. The Hall–Kier alpha value is -1.15. The molecule has 0 saturated carbocycles. The summed E-state index contributed by atoms with van der Waals surface area (Å²) < 4.78 is 19.1. The van der Waals surface area contributed by atoms with Gasteiger partial charge in [-0.3, -0.25) is 0 Å². The minimum absolute atomic E-state index is 0.318. The summed E-state index contributed by atoms with van der Waals surface area (Å²) in [5.74, 6) is -0.348. The van der Waals surface area contributed by atoms with Crippen LogP contribution in [0.4, 0.5) is 4.39 Å². The number of rotatable bonds is 3. The molecule has 96 valence electrons. The fourth-order valence-corrected chi connectivity index (χ4v) is 2.58. The summed E-state index contributed by atoms with van der Waals surface area (Å²) in [5, 5.41) is 9.83. The Kier molecular flexibility index (Phi) is 3.58. The van der Waals surface area contributed by atoms with Crippen LogP contribution in [0.2, 0.25) is 5.02 Å². The van der Waals surface area contributed by atoms with Crippen molar-refractivity contribution in [1.82, 2.24) is 4.90 Å². The minimum Gasteiger partial charge on any atom is -0.378 e. The highest BCUT2D eigenvalue weighted by molar-refractivity contribution is 6.30. The molecule has 0 N–H and O–H groups in total. The van der Waals surface area contributed by atoms with Crippen molar-refractivity contribution in [3.63, 3.8) is 0 Å². The highest BCUT2D eigenvalue weighted by Crippen LogP contribution is 2.44. The summed E-state index contributed by atoms with van der Waals surface area (Å²) in [6.07, 6.45) is 0. The first-order valence-corrected chi connectivity index (χ1v) is 5.98. The number of halogens is 2. The lowest BCUT2D eigenvalue weighted by Gasteiger charge is -2.44.